The molecule has 3 heteroatoms. The summed E-state index contributed by atoms with van der Waals surface area (Å²) in [7, 11) is 1.76. The van der Waals surface area contributed by atoms with Crippen LogP contribution >= 0.6 is 0 Å². The molecule has 0 saturated carbocycles. The predicted octanol–water partition coefficient (Wildman–Crippen LogP) is 2.17. The number of nitrogens with one attached hydrogen (secondary N) is 1. The van der Waals surface area contributed by atoms with Gasteiger partial charge in [-0.2, -0.15) is 0 Å². The summed E-state index contributed by atoms with van der Waals surface area (Å²) < 4.78 is 5.14. The molecule has 0 amide bonds. The number of hydrogen-bond donors (Lipinski definition) is 1. The van der Waals surface area contributed by atoms with E-state index in [1.54, 1.807) is 7.11 Å². The monoisotopic (exact) mass is 230 g/mol. The molecule has 3 rings (SSSR count). The number of aromatic nitrogens is 1. The summed E-state index contributed by atoms with van der Waals surface area (Å²) >= 11 is 0. The van der Waals surface area contributed by atoms with E-state index in [2.05, 4.69) is 34.1 Å². The normalized spacial score (nSPS) is 16.3. The van der Waals surface area contributed by atoms with E-state index in [0.717, 1.165) is 32.7 Å². The summed E-state index contributed by atoms with van der Waals surface area (Å²) in [5.74, 6) is 0. The summed E-state index contributed by atoms with van der Waals surface area (Å²) in [4.78, 5) is 5.99. The third-order valence-electron chi connectivity index (χ3n) is 3.57. The van der Waals surface area contributed by atoms with E-state index in [1.807, 2.05) is 0 Å². The Balaban J connectivity index is 1.87. The van der Waals surface area contributed by atoms with Gasteiger partial charge in [0.05, 0.1) is 6.61 Å². The Hall–Kier alpha value is -1.32. The van der Waals surface area contributed by atoms with Crippen molar-refractivity contribution in [2.45, 2.75) is 13.0 Å². The molecule has 0 atom stereocenters. The fraction of sp³-hybridized carbons (Fsp3) is 0.429. The van der Waals surface area contributed by atoms with Crippen LogP contribution in [0.25, 0.3) is 10.9 Å². The van der Waals surface area contributed by atoms with E-state index in [4.69, 9.17) is 4.74 Å². The lowest BCUT2D eigenvalue weighted by molar-refractivity contribution is 0.140. The van der Waals surface area contributed by atoms with Crippen LogP contribution in [0.4, 0.5) is 0 Å². The molecule has 1 N–H and O–H groups in total. The van der Waals surface area contributed by atoms with Crippen molar-refractivity contribution in [1.29, 1.82) is 0 Å². The van der Waals surface area contributed by atoms with Crippen molar-refractivity contribution in [2.75, 3.05) is 26.8 Å². The second kappa shape index (κ2) is 4.51. The van der Waals surface area contributed by atoms with Crippen LogP contribution in [0.15, 0.2) is 24.3 Å². The lowest BCUT2D eigenvalue weighted by Gasteiger charge is -2.26. The van der Waals surface area contributed by atoms with Crippen LogP contribution in [0.2, 0.25) is 0 Å². The minimum Gasteiger partial charge on any atom is -0.383 e. The highest BCUT2D eigenvalue weighted by molar-refractivity contribution is 5.84. The van der Waals surface area contributed by atoms with Crippen LogP contribution in [0.1, 0.15) is 11.3 Å². The van der Waals surface area contributed by atoms with E-state index in [0.29, 0.717) is 0 Å². The van der Waals surface area contributed by atoms with E-state index < -0.39 is 0 Å². The van der Waals surface area contributed by atoms with Gasteiger partial charge in [-0.05, 0) is 18.1 Å². The van der Waals surface area contributed by atoms with Gasteiger partial charge in [-0.15, -0.1) is 0 Å². The number of methoxy groups -OCH3 is 1. The minimum absolute atomic E-state index is 0.815. The largest absolute Gasteiger partial charge is 0.383 e. The molecule has 2 aromatic rings. The zero-order chi connectivity index (χ0) is 11.7. The summed E-state index contributed by atoms with van der Waals surface area (Å²) in [6.45, 7) is 3.99. The Labute approximate surface area is 101 Å². The average molecular weight is 230 g/mol. The van der Waals surface area contributed by atoms with Crippen LogP contribution in [0.3, 0.4) is 0 Å². The molecule has 1 aromatic heterocycles. The van der Waals surface area contributed by atoms with Gasteiger partial charge in [-0.3, -0.25) is 4.90 Å². The maximum absolute atomic E-state index is 5.14. The summed E-state index contributed by atoms with van der Waals surface area (Å²) in [6, 6.07) is 8.59. The van der Waals surface area contributed by atoms with Gasteiger partial charge in [0.2, 0.25) is 0 Å². The number of para-hydroxylation sites is 1. The van der Waals surface area contributed by atoms with Crippen molar-refractivity contribution in [1.82, 2.24) is 9.88 Å². The van der Waals surface area contributed by atoms with Gasteiger partial charge < -0.3 is 9.72 Å². The fourth-order valence-electron chi connectivity index (χ4n) is 2.66. The van der Waals surface area contributed by atoms with Crippen molar-refractivity contribution < 1.29 is 4.74 Å². The molecule has 0 radical (unpaired) electrons. The molecule has 0 fully saturated rings. The maximum atomic E-state index is 5.14. The van der Waals surface area contributed by atoms with Crippen molar-refractivity contribution in [3.8, 4) is 0 Å². The summed E-state index contributed by atoms with van der Waals surface area (Å²) in [6.07, 6.45) is 1.14. The minimum atomic E-state index is 0.815. The Bertz CT molecular complexity index is 518. The molecular weight excluding hydrogens is 212 g/mol. The molecule has 90 valence electrons. The van der Waals surface area contributed by atoms with Gasteiger partial charge >= 0.3 is 0 Å². The number of ether oxygens (including phenoxy) is 1. The van der Waals surface area contributed by atoms with Crippen LogP contribution < -0.4 is 0 Å². The molecule has 0 aliphatic carbocycles. The molecule has 1 aliphatic heterocycles. The number of fused-ring (bicyclic) bond motifs is 3. The van der Waals surface area contributed by atoms with Gasteiger partial charge in [0, 0.05) is 43.3 Å². The lowest BCUT2D eigenvalue weighted by atomic mass is 10.0. The smallest absolute Gasteiger partial charge is 0.0589 e. The van der Waals surface area contributed by atoms with Crippen molar-refractivity contribution >= 4 is 10.9 Å². The molecule has 1 aliphatic rings. The molecular formula is C14H18N2O. The number of nitrogens with zero attached hydrogens (tertiary/aromatic N) is 1. The Morgan fingerprint density at radius 2 is 2.24 bits per heavy atom. The number of H-pyrrole nitrogens is 1. The maximum Gasteiger partial charge on any atom is 0.0589 e. The van der Waals surface area contributed by atoms with Gasteiger partial charge in [0.25, 0.3) is 0 Å². The van der Waals surface area contributed by atoms with Crippen LogP contribution in [-0.2, 0) is 17.7 Å². The first kappa shape index (κ1) is 10.8. The zero-order valence-electron chi connectivity index (χ0n) is 10.2. The lowest BCUT2D eigenvalue weighted by Crippen LogP contribution is -2.32. The highest BCUT2D eigenvalue weighted by atomic mass is 16.5. The van der Waals surface area contributed by atoms with Gasteiger partial charge in [0.15, 0.2) is 0 Å². The summed E-state index contributed by atoms with van der Waals surface area (Å²) in [5.41, 5.74) is 4.16. The molecule has 17 heavy (non-hydrogen) atoms. The molecule has 0 saturated heterocycles. The number of benzene rings is 1. The third-order valence-corrected chi connectivity index (χ3v) is 3.57. The molecule has 0 unspecified atom stereocenters. The summed E-state index contributed by atoms with van der Waals surface area (Å²) in [5, 5.41) is 1.40. The Morgan fingerprint density at radius 1 is 1.35 bits per heavy atom. The first-order valence-electron chi connectivity index (χ1n) is 6.18. The number of hydrogen-bond acceptors (Lipinski definition) is 2. The van der Waals surface area contributed by atoms with Crippen molar-refractivity contribution in [3.63, 3.8) is 0 Å². The second-order valence-electron chi connectivity index (χ2n) is 4.65. The topological polar surface area (TPSA) is 28.3 Å². The quantitative estimate of drug-likeness (QED) is 0.875. The SMILES string of the molecule is COCCN1CCc2c([nH]c3ccccc23)C1. The van der Waals surface area contributed by atoms with E-state index >= 15 is 0 Å². The molecule has 3 nitrogen and oxygen atoms in total. The number of aromatic amines is 1. The molecule has 0 bridgehead atoms. The third kappa shape index (κ3) is 1.96. The highest BCUT2D eigenvalue weighted by Gasteiger charge is 2.19. The second-order valence-corrected chi connectivity index (χ2v) is 4.65. The van der Waals surface area contributed by atoms with E-state index in [-0.39, 0.29) is 0 Å². The number of rotatable bonds is 3. The fourth-order valence-corrected chi connectivity index (χ4v) is 2.66. The predicted molar refractivity (Wildman–Crippen MR) is 69.2 cm³/mol. The van der Waals surface area contributed by atoms with Crippen LogP contribution in [0, 0.1) is 0 Å². The van der Waals surface area contributed by atoms with E-state index in [1.165, 1.54) is 22.2 Å². The zero-order valence-corrected chi connectivity index (χ0v) is 10.2. The Kier molecular flexibility index (Phi) is 2.87. The highest BCUT2D eigenvalue weighted by Crippen LogP contribution is 2.27. The van der Waals surface area contributed by atoms with E-state index in [9.17, 15) is 0 Å². The van der Waals surface area contributed by atoms with Crippen molar-refractivity contribution in [3.05, 3.63) is 35.5 Å². The molecule has 2 heterocycles. The first-order chi connectivity index (χ1) is 8.38. The standard InChI is InChI=1S/C14H18N2O/c1-17-9-8-16-7-6-12-11-4-2-3-5-13(11)15-14(12)10-16/h2-5,15H,6-10H2,1H3. The average Bonchev–Trinajstić information content (AvgIpc) is 2.74. The van der Waals surface area contributed by atoms with Gasteiger partial charge in [-0.1, -0.05) is 18.2 Å². The molecule has 1 aromatic carbocycles. The first-order valence-corrected chi connectivity index (χ1v) is 6.18. The van der Waals surface area contributed by atoms with Crippen LogP contribution in [-0.4, -0.2) is 36.7 Å². The Morgan fingerprint density at radius 3 is 3.12 bits per heavy atom. The van der Waals surface area contributed by atoms with Crippen molar-refractivity contribution in [2.24, 2.45) is 0 Å². The van der Waals surface area contributed by atoms with Gasteiger partial charge in [-0.25, -0.2) is 0 Å². The molecule has 0 spiro atoms. The van der Waals surface area contributed by atoms with Gasteiger partial charge in [0.1, 0.15) is 0 Å². The van der Waals surface area contributed by atoms with Crippen LogP contribution in [0.5, 0.6) is 0 Å².